The Morgan fingerprint density at radius 3 is 2.75 bits per heavy atom. The van der Waals surface area contributed by atoms with Gasteiger partial charge in [0.1, 0.15) is 17.7 Å². The van der Waals surface area contributed by atoms with Gasteiger partial charge >= 0.3 is 0 Å². The van der Waals surface area contributed by atoms with Crippen LogP contribution in [-0.2, 0) is 0 Å². The van der Waals surface area contributed by atoms with E-state index in [4.69, 9.17) is 9.15 Å². The maximum Gasteiger partial charge on any atom is 0.230 e. The smallest absolute Gasteiger partial charge is 0.230 e. The largest absolute Gasteiger partial charge is 0.464 e. The first-order valence-corrected chi connectivity index (χ1v) is 7.60. The fraction of sp³-hybridized carbons (Fsp3) is 0.105. The van der Waals surface area contributed by atoms with Crippen molar-refractivity contribution in [3.05, 3.63) is 66.4 Å². The van der Waals surface area contributed by atoms with Gasteiger partial charge in [0.05, 0.1) is 17.3 Å². The fourth-order valence-corrected chi connectivity index (χ4v) is 2.71. The lowest BCUT2D eigenvalue weighted by molar-refractivity contribution is 0.468. The number of nitrogens with zero attached hydrogens (tertiary/aromatic N) is 3. The molecule has 0 saturated heterocycles. The van der Waals surface area contributed by atoms with E-state index in [0.717, 1.165) is 39.1 Å². The molecule has 1 aromatic carbocycles. The molecule has 0 amide bonds. The van der Waals surface area contributed by atoms with Crippen LogP contribution in [0.3, 0.4) is 0 Å². The van der Waals surface area contributed by atoms with Gasteiger partial charge in [0.15, 0.2) is 0 Å². The molecular weight excluding hydrogens is 302 g/mol. The Morgan fingerprint density at radius 1 is 1.00 bits per heavy atom. The van der Waals surface area contributed by atoms with E-state index < -0.39 is 0 Å². The van der Waals surface area contributed by atoms with Crippen LogP contribution >= 0.6 is 0 Å². The maximum absolute atomic E-state index is 5.95. The minimum absolute atomic E-state index is 0.534. The molecule has 0 bridgehead atoms. The van der Waals surface area contributed by atoms with Crippen molar-refractivity contribution in [2.75, 3.05) is 0 Å². The molecule has 0 atom stereocenters. The molecule has 5 nitrogen and oxygen atoms in total. The number of ether oxygens (including phenoxy) is 1. The highest BCUT2D eigenvalue weighted by molar-refractivity contribution is 5.82. The van der Waals surface area contributed by atoms with E-state index in [2.05, 4.69) is 15.0 Å². The lowest BCUT2D eigenvalue weighted by atomic mass is 10.0. The Bertz CT molecular complexity index is 1020. The summed E-state index contributed by atoms with van der Waals surface area (Å²) in [6.45, 7) is 4.04. The molecule has 0 fully saturated rings. The van der Waals surface area contributed by atoms with Gasteiger partial charge in [-0.3, -0.25) is 0 Å². The third kappa shape index (κ3) is 2.50. The summed E-state index contributed by atoms with van der Waals surface area (Å²) in [6.07, 6.45) is 6.68. The summed E-state index contributed by atoms with van der Waals surface area (Å²) in [6, 6.07) is 9.58. The van der Waals surface area contributed by atoms with Gasteiger partial charge in [-0.2, -0.15) is 0 Å². The van der Waals surface area contributed by atoms with Crippen molar-refractivity contribution in [3.63, 3.8) is 0 Å². The van der Waals surface area contributed by atoms with E-state index >= 15 is 0 Å². The molecule has 0 aliphatic carbocycles. The molecule has 0 aliphatic rings. The van der Waals surface area contributed by atoms with Crippen LogP contribution in [0.4, 0.5) is 0 Å². The molecular formula is C19H15N3O2. The van der Waals surface area contributed by atoms with E-state index in [1.807, 2.05) is 50.4 Å². The zero-order valence-electron chi connectivity index (χ0n) is 13.4. The van der Waals surface area contributed by atoms with E-state index in [1.165, 1.54) is 0 Å². The van der Waals surface area contributed by atoms with Gasteiger partial charge in [-0.05, 0) is 55.3 Å². The molecule has 5 heteroatoms. The molecule has 4 rings (SSSR count). The topological polar surface area (TPSA) is 61.0 Å². The molecule has 3 heterocycles. The number of hydrogen-bond donors (Lipinski definition) is 0. The van der Waals surface area contributed by atoms with Gasteiger partial charge in [0.25, 0.3) is 0 Å². The normalized spacial score (nSPS) is 10.9. The number of rotatable bonds is 3. The molecule has 0 aliphatic heterocycles. The van der Waals surface area contributed by atoms with Crippen molar-refractivity contribution in [1.82, 2.24) is 15.0 Å². The molecule has 0 unspecified atom stereocenters. The minimum atomic E-state index is 0.534. The molecule has 0 N–H and O–H groups in total. The van der Waals surface area contributed by atoms with Crippen LogP contribution < -0.4 is 4.74 Å². The van der Waals surface area contributed by atoms with Crippen LogP contribution in [-0.4, -0.2) is 15.0 Å². The Balaban J connectivity index is 1.70. The summed E-state index contributed by atoms with van der Waals surface area (Å²) in [5, 5.41) is 0.853. The molecule has 0 saturated carbocycles. The Morgan fingerprint density at radius 2 is 1.92 bits per heavy atom. The average molecular weight is 317 g/mol. The van der Waals surface area contributed by atoms with E-state index in [-0.39, 0.29) is 0 Å². The number of benzene rings is 1. The van der Waals surface area contributed by atoms with Crippen molar-refractivity contribution in [3.8, 4) is 22.9 Å². The number of fused-ring (bicyclic) bond motifs is 1. The molecule has 24 heavy (non-hydrogen) atoms. The first kappa shape index (κ1) is 14.4. The summed E-state index contributed by atoms with van der Waals surface area (Å²) in [5.41, 5.74) is 4.87. The zero-order valence-corrected chi connectivity index (χ0v) is 13.4. The second-order valence-corrected chi connectivity index (χ2v) is 5.58. The second-order valence-electron chi connectivity index (χ2n) is 5.58. The fourth-order valence-electron chi connectivity index (χ4n) is 2.71. The first-order chi connectivity index (χ1) is 11.7. The second kappa shape index (κ2) is 5.77. The quantitative estimate of drug-likeness (QED) is 0.548. The highest BCUT2D eigenvalue weighted by Gasteiger charge is 2.10. The van der Waals surface area contributed by atoms with Crippen molar-refractivity contribution in [2.24, 2.45) is 0 Å². The first-order valence-electron chi connectivity index (χ1n) is 7.60. The van der Waals surface area contributed by atoms with E-state index in [0.29, 0.717) is 5.88 Å². The maximum atomic E-state index is 5.95. The van der Waals surface area contributed by atoms with Crippen LogP contribution in [0.5, 0.6) is 11.6 Å². The summed E-state index contributed by atoms with van der Waals surface area (Å²) >= 11 is 0. The number of pyridine rings is 1. The van der Waals surface area contributed by atoms with Crippen molar-refractivity contribution in [1.29, 1.82) is 0 Å². The van der Waals surface area contributed by atoms with Gasteiger partial charge in [0.2, 0.25) is 5.88 Å². The highest BCUT2D eigenvalue weighted by Crippen LogP contribution is 2.31. The molecule has 4 aromatic rings. The van der Waals surface area contributed by atoms with Gasteiger partial charge in [-0.25, -0.2) is 15.0 Å². The summed E-state index contributed by atoms with van der Waals surface area (Å²) < 4.78 is 11.3. The lowest BCUT2D eigenvalue weighted by Crippen LogP contribution is -1.93. The lowest BCUT2D eigenvalue weighted by Gasteiger charge is -2.11. The molecule has 118 valence electrons. The number of aromatic nitrogens is 3. The van der Waals surface area contributed by atoms with E-state index in [1.54, 1.807) is 18.8 Å². The van der Waals surface area contributed by atoms with Gasteiger partial charge in [-0.1, -0.05) is 0 Å². The Kier molecular flexibility index (Phi) is 3.46. The van der Waals surface area contributed by atoms with Crippen molar-refractivity contribution >= 4 is 11.0 Å². The standard InChI is InChI=1S/C19H15N3O2/c1-12-9-14(3-4-15(12)18-13(2)10-20-11-22-18)24-19-16-6-8-23-17(16)5-7-21-19/h3-11H,1-2H3. The minimum Gasteiger partial charge on any atom is -0.464 e. The van der Waals surface area contributed by atoms with Crippen LogP contribution in [0.2, 0.25) is 0 Å². The van der Waals surface area contributed by atoms with Crippen LogP contribution in [0, 0.1) is 13.8 Å². The zero-order chi connectivity index (χ0) is 16.5. The average Bonchev–Trinajstić information content (AvgIpc) is 3.06. The number of furan rings is 1. The monoisotopic (exact) mass is 317 g/mol. The third-order valence-corrected chi connectivity index (χ3v) is 3.91. The summed E-state index contributed by atoms with van der Waals surface area (Å²) in [7, 11) is 0. The number of hydrogen-bond acceptors (Lipinski definition) is 5. The summed E-state index contributed by atoms with van der Waals surface area (Å²) in [4.78, 5) is 12.7. The third-order valence-electron chi connectivity index (χ3n) is 3.91. The summed E-state index contributed by atoms with van der Waals surface area (Å²) in [5.74, 6) is 1.26. The van der Waals surface area contributed by atoms with Crippen LogP contribution in [0.25, 0.3) is 22.2 Å². The predicted molar refractivity (Wildman–Crippen MR) is 91.0 cm³/mol. The van der Waals surface area contributed by atoms with Gasteiger partial charge < -0.3 is 9.15 Å². The molecule has 0 spiro atoms. The van der Waals surface area contributed by atoms with Gasteiger partial charge in [0, 0.05) is 18.0 Å². The van der Waals surface area contributed by atoms with E-state index in [9.17, 15) is 0 Å². The van der Waals surface area contributed by atoms with Crippen molar-refractivity contribution < 1.29 is 9.15 Å². The molecule has 3 aromatic heterocycles. The molecule has 0 radical (unpaired) electrons. The Hall–Kier alpha value is -3.21. The van der Waals surface area contributed by atoms with Crippen LogP contribution in [0.15, 0.2) is 59.7 Å². The predicted octanol–water partition coefficient (Wildman–Crippen LogP) is 4.69. The van der Waals surface area contributed by atoms with Crippen LogP contribution in [0.1, 0.15) is 11.1 Å². The number of aryl methyl sites for hydroxylation is 2. The van der Waals surface area contributed by atoms with Crippen molar-refractivity contribution in [2.45, 2.75) is 13.8 Å². The highest BCUT2D eigenvalue weighted by atomic mass is 16.5. The van der Waals surface area contributed by atoms with Gasteiger partial charge in [-0.15, -0.1) is 0 Å². The SMILES string of the molecule is Cc1cc(Oc2nccc3occc23)ccc1-c1ncncc1C. The Labute approximate surface area is 139 Å².